The first-order valence-electron chi connectivity index (χ1n) is 16.0. The third-order valence-corrected chi connectivity index (χ3v) is 9.99. The van der Waals surface area contributed by atoms with Crippen molar-refractivity contribution in [2.75, 3.05) is 0 Å². The van der Waals surface area contributed by atoms with Crippen LogP contribution in [-0.4, -0.2) is 4.57 Å². The van der Waals surface area contributed by atoms with Crippen molar-refractivity contribution in [1.82, 2.24) is 4.57 Å². The molecule has 0 unspecified atom stereocenters. The van der Waals surface area contributed by atoms with E-state index in [-0.39, 0.29) is 0 Å². The predicted octanol–water partition coefficient (Wildman–Crippen LogP) is 12.0. The van der Waals surface area contributed by atoms with Gasteiger partial charge < -0.3 is 4.57 Å². The molecule has 0 fully saturated rings. The van der Waals surface area contributed by atoms with Gasteiger partial charge in [0.1, 0.15) is 0 Å². The van der Waals surface area contributed by atoms with Crippen LogP contribution in [0, 0.1) is 11.3 Å². The lowest BCUT2D eigenvalue weighted by Crippen LogP contribution is -1.94. The Morgan fingerprint density at radius 3 is 1.55 bits per heavy atom. The first-order valence-corrected chi connectivity index (χ1v) is 16.0. The highest BCUT2D eigenvalue weighted by Gasteiger charge is 2.23. The Morgan fingerprint density at radius 2 is 0.894 bits per heavy atom. The molecule has 0 N–H and O–H groups in total. The molecule has 0 aliphatic carbocycles. The van der Waals surface area contributed by atoms with E-state index in [9.17, 15) is 5.26 Å². The number of fused-ring (bicyclic) bond motifs is 3. The Hall–Kier alpha value is -6.43. The number of aromatic nitrogens is 1. The lowest BCUT2D eigenvalue weighted by molar-refractivity contribution is 1.18. The van der Waals surface area contributed by atoms with Crippen molar-refractivity contribution in [3.8, 4) is 34.0 Å². The quantitative estimate of drug-likeness (QED) is 0.148. The normalized spacial score (nSPS) is 11.8. The first-order chi connectivity index (χ1) is 23.3. The summed E-state index contributed by atoms with van der Waals surface area (Å²) < 4.78 is 2.34. The molecule has 0 bridgehead atoms. The molecule has 0 saturated carbocycles. The standard InChI is InChI=1S/C45H26N2/c46-27-29-21-25-40-44-32(29)22-23-39-38(24-26-41(45(39)44)47(40)30-13-2-1-3-14-30)43-36-18-8-6-16-34(36)42(35-17-7-9-19-37(35)43)33-20-10-12-28-11-4-5-15-31(28)33/h1-26H. The van der Waals surface area contributed by atoms with Crippen LogP contribution in [0.15, 0.2) is 158 Å². The molecule has 2 heteroatoms. The molecule has 10 rings (SSSR count). The second-order valence-electron chi connectivity index (χ2n) is 12.3. The maximum Gasteiger partial charge on any atom is 0.0998 e. The van der Waals surface area contributed by atoms with Crippen LogP contribution >= 0.6 is 0 Å². The number of nitrogens with zero attached hydrogens (tertiary/aromatic N) is 2. The number of para-hydroxylation sites is 1. The van der Waals surface area contributed by atoms with E-state index in [1.165, 1.54) is 65.3 Å². The van der Waals surface area contributed by atoms with Gasteiger partial charge in [0.2, 0.25) is 0 Å². The van der Waals surface area contributed by atoms with E-state index >= 15 is 0 Å². The number of hydrogen-bond donors (Lipinski definition) is 0. The highest BCUT2D eigenvalue weighted by molar-refractivity contribution is 6.31. The summed E-state index contributed by atoms with van der Waals surface area (Å²) in [4.78, 5) is 0. The van der Waals surface area contributed by atoms with Crippen molar-refractivity contribution in [2.45, 2.75) is 0 Å². The van der Waals surface area contributed by atoms with Crippen LogP contribution in [0.2, 0.25) is 0 Å². The Bertz CT molecular complexity index is 2840. The molecule has 1 aromatic heterocycles. The van der Waals surface area contributed by atoms with Crippen LogP contribution in [0.5, 0.6) is 0 Å². The van der Waals surface area contributed by atoms with Gasteiger partial charge in [0.25, 0.3) is 0 Å². The first kappa shape index (κ1) is 25.9. The fourth-order valence-corrected chi connectivity index (χ4v) is 8.08. The fourth-order valence-electron chi connectivity index (χ4n) is 8.08. The molecule has 216 valence electrons. The fraction of sp³-hybridized carbons (Fsp3) is 0. The monoisotopic (exact) mass is 594 g/mol. The van der Waals surface area contributed by atoms with Crippen molar-refractivity contribution in [3.63, 3.8) is 0 Å². The maximum absolute atomic E-state index is 10.1. The summed E-state index contributed by atoms with van der Waals surface area (Å²) >= 11 is 0. The van der Waals surface area contributed by atoms with Gasteiger partial charge in [-0.15, -0.1) is 0 Å². The van der Waals surface area contributed by atoms with E-state index in [0.717, 1.165) is 27.5 Å². The summed E-state index contributed by atoms with van der Waals surface area (Å²) in [5, 5.41) is 22.1. The molecular formula is C45H26N2. The minimum Gasteiger partial charge on any atom is -0.309 e. The number of hydrogen-bond acceptors (Lipinski definition) is 1. The second kappa shape index (κ2) is 9.78. The Balaban J connectivity index is 1.37. The zero-order valence-corrected chi connectivity index (χ0v) is 25.4. The molecule has 0 amide bonds. The van der Waals surface area contributed by atoms with E-state index < -0.39 is 0 Å². The summed E-state index contributed by atoms with van der Waals surface area (Å²) in [5.41, 5.74) is 9.02. The third-order valence-electron chi connectivity index (χ3n) is 9.99. The van der Waals surface area contributed by atoms with Crippen molar-refractivity contribution in [1.29, 1.82) is 5.26 Å². The summed E-state index contributed by atoms with van der Waals surface area (Å²) in [5.74, 6) is 0. The predicted molar refractivity (Wildman–Crippen MR) is 198 cm³/mol. The lowest BCUT2D eigenvalue weighted by atomic mass is 9.83. The Morgan fingerprint density at radius 1 is 0.383 bits per heavy atom. The van der Waals surface area contributed by atoms with Crippen molar-refractivity contribution in [3.05, 3.63) is 163 Å². The topological polar surface area (TPSA) is 28.7 Å². The summed E-state index contributed by atoms with van der Waals surface area (Å²) in [6.07, 6.45) is 0. The van der Waals surface area contributed by atoms with Crippen LogP contribution in [-0.2, 0) is 0 Å². The van der Waals surface area contributed by atoms with Gasteiger partial charge in [-0.2, -0.15) is 5.26 Å². The van der Waals surface area contributed by atoms with Crippen LogP contribution in [0.3, 0.4) is 0 Å². The van der Waals surface area contributed by atoms with Gasteiger partial charge in [0.15, 0.2) is 0 Å². The highest BCUT2D eigenvalue weighted by atomic mass is 15.0. The number of benzene rings is 9. The van der Waals surface area contributed by atoms with Gasteiger partial charge in [-0.25, -0.2) is 0 Å². The van der Waals surface area contributed by atoms with Crippen molar-refractivity contribution >= 4 is 64.9 Å². The largest absolute Gasteiger partial charge is 0.309 e. The zero-order valence-electron chi connectivity index (χ0n) is 25.4. The average molecular weight is 595 g/mol. The van der Waals surface area contributed by atoms with Crippen molar-refractivity contribution < 1.29 is 0 Å². The molecule has 10 aromatic rings. The van der Waals surface area contributed by atoms with Gasteiger partial charge in [0.05, 0.1) is 22.7 Å². The molecule has 0 aliphatic heterocycles. The molecule has 0 atom stereocenters. The van der Waals surface area contributed by atoms with Gasteiger partial charge in [-0.1, -0.05) is 127 Å². The lowest BCUT2D eigenvalue weighted by Gasteiger charge is -2.20. The molecule has 0 saturated heterocycles. The smallest absolute Gasteiger partial charge is 0.0998 e. The molecule has 0 aliphatic rings. The van der Waals surface area contributed by atoms with E-state index in [1.807, 2.05) is 6.07 Å². The van der Waals surface area contributed by atoms with Crippen LogP contribution in [0.4, 0.5) is 0 Å². The Labute approximate surface area is 271 Å². The highest BCUT2D eigenvalue weighted by Crippen LogP contribution is 2.49. The van der Waals surface area contributed by atoms with E-state index in [2.05, 4.69) is 162 Å². The van der Waals surface area contributed by atoms with Gasteiger partial charge in [0, 0.05) is 21.8 Å². The number of nitriles is 1. The molecule has 47 heavy (non-hydrogen) atoms. The summed E-state index contributed by atoms with van der Waals surface area (Å²) in [6, 6.07) is 59.1. The molecular weight excluding hydrogens is 569 g/mol. The summed E-state index contributed by atoms with van der Waals surface area (Å²) in [6.45, 7) is 0. The maximum atomic E-state index is 10.1. The minimum atomic E-state index is 0.701. The number of rotatable bonds is 3. The van der Waals surface area contributed by atoms with E-state index in [1.54, 1.807) is 0 Å². The summed E-state index contributed by atoms with van der Waals surface area (Å²) in [7, 11) is 0. The van der Waals surface area contributed by atoms with Crippen LogP contribution in [0.25, 0.3) is 92.8 Å². The van der Waals surface area contributed by atoms with Crippen LogP contribution in [0.1, 0.15) is 5.56 Å². The van der Waals surface area contributed by atoms with Gasteiger partial charge in [-0.3, -0.25) is 0 Å². The third kappa shape index (κ3) is 3.54. The van der Waals surface area contributed by atoms with Gasteiger partial charge in [-0.05, 0) is 90.3 Å². The van der Waals surface area contributed by atoms with E-state index in [0.29, 0.717) is 5.56 Å². The molecule has 1 heterocycles. The Kier molecular flexibility index (Phi) is 5.38. The average Bonchev–Trinajstić information content (AvgIpc) is 3.48. The minimum absolute atomic E-state index is 0.701. The van der Waals surface area contributed by atoms with Gasteiger partial charge >= 0.3 is 0 Å². The second-order valence-corrected chi connectivity index (χ2v) is 12.3. The zero-order chi connectivity index (χ0) is 31.1. The molecule has 9 aromatic carbocycles. The van der Waals surface area contributed by atoms with Crippen LogP contribution < -0.4 is 0 Å². The van der Waals surface area contributed by atoms with E-state index in [4.69, 9.17) is 0 Å². The SMILES string of the molecule is N#Cc1ccc2c3c1ccc1c(-c4c5ccccc5c(-c5cccc6ccccc56)c5ccccc45)ccc(c13)n2-c1ccccc1. The van der Waals surface area contributed by atoms with Crippen molar-refractivity contribution in [2.24, 2.45) is 0 Å². The molecule has 0 spiro atoms. The molecule has 2 nitrogen and oxygen atoms in total. The molecule has 0 radical (unpaired) electrons.